The molecule has 0 spiro atoms. The third-order valence-electron chi connectivity index (χ3n) is 2.15. The summed E-state index contributed by atoms with van der Waals surface area (Å²) in [5.74, 6) is 4.57. The first-order valence-electron chi connectivity index (χ1n) is 5.43. The summed E-state index contributed by atoms with van der Waals surface area (Å²) in [7, 11) is 0. The molecular weight excluding hydrogens is 226 g/mol. The van der Waals surface area contributed by atoms with Gasteiger partial charge < -0.3 is 14.4 Å². The first kappa shape index (κ1) is 13.7. The first-order valence-corrected chi connectivity index (χ1v) is 5.43. The zero-order chi connectivity index (χ0) is 13.1. The number of hydrogen-bond acceptors (Lipinski definition) is 5. The molecule has 3 N–H and O–H groups in total. The minimum Gasteiger partial charge on any atom is -0.444 e. The molecule has 1 aliphatic rings. The number of amides is 2. The third-order valence-corrected chi connectivity index (χ3v) is 2.15. The predicted molar refractivity (Wildman–Crippen MR) is 59.9 cm³/mol. The Kier molecular flexibility index (Phi) is 4.30. The Morgan fingerprint density at radius 2 is 2.12 bits per heavy atom. The highest BCUT2D eigenvalue weighted by molar-refractivity contribution is 5.81. The summed E-state index contributed by atoms with van der Waals surface area (Å²) >= 11 is 0. The van der Waals surface area contributed by atoms with Crippen LogP contribution in [0.2, 0.25) is 0 Å². The summed E-state index contributed by atoms with van der Waals surface area (Å²) < 4.78 is 10.4. The number of nitrogens with two attached hydrogens (primary N) is 1. The highest BCUT2D eigenvalue weighted by Gasteiger charge is 2.31. The molecule has 1 saturated heterocycles. The largest absolute Gasteiger partial charge is 0.444 e. The maximum Gasteiger partial charge on any atom is 0.410 e. The van der Waals surface area contributed by atoms with Crippen LogP contribution in [-0.2, 0) is 14.3 Å². The molecule has 1 rings (SSSR count). The molecule has 0 unspecified atom stereocenters. The molecule has 0 bridgehead atoms. The van der Waals surface area contributed by atoms with Crippen LogP contribution in [0.5, 0.6) is 0 Å². The van der Waals surface area contributed by atoms with Crippen molar-refractivity contribution in [1.29, 1.82) is 0 Å². The lowest BCUT2D eigenvalue weighted by molar-refractivity contribution is -0.138. The first-order chi connectivity index (χ1) is 7.83. The molecule has 0 saturated carbocycles. The van der Waals surface area contributed by atoms with Crippen molar-refractivity contribution in [3.8, 4) is 0 Å². The van der Waals surface area contributed by atoms with Gasteiger partial charge in [-0.25, -0.2) is 10.6 Å². The monoisotopic (exact) mass is 245 g/mol. The number of ether oxygens (including phenoxy) is 2. The Morgan fingerprint density at radius 3 is 2.65 bits per heavy atom. The van der Waals surface area contributed by atoms with Gasteiger partial charge in [-0.3, -0.25) is 10.2 Å². The van der Waals surface area contributed by atoms with Crippen LogP contribution in [0.25, 0.3) is 0 Å². The second-order valence-corrected chi connectivity index (χ2v) is 4.79. The minimum absolute atomic E-state index is 0.151. The van der Waals surface area contributed by atoms with Crippen LogP contribution in [0.15, 0.2) is 0 Å². The van der Waals surface area contributed by atoms with Crippen LogP contribution in [-0.4, -0.2) is 48.3 Å². The maximum atomic E-state index is 11.8. The van der Waals surface area contributed by atoms with E-state index in [9.17, 15) is 9.59 Å². The van der Waals surface area contributed by atoms with E-state index >= 15 is 0 Å². The van der Waals surface area contributed by atoms with Crippen LogP contribution in [0, 0.1) is 0 Å². The van der Waals surface area contributed by atoms with E-state index in [0.717, 1.165) is 0 Å². The van der Waals surface area contributed by atoms with E-state index in [2.05, 4.69) is 0 Å². The van der Waals surface area contributed by atoms with Crippen LogP contribution in [0.1, 0.15) is 20.8 Å². The van der Waals surface area contributed by atoms with E-state index in [1.807, 2.05) is 5.43 Å². The van der Waals surface area contributed by atoms with Crippen LogP contribution >= 0.6 is 0 Å². The van der Waals surface area contributed by atoms with Crippen molar-refractivity contribution in [2.24, 2.45) is 5.84 Å². The molecule has 0 aromatic rings. The number of hydrogen-bond donors (Lipinski definition) is 2. The number of nitrogens with one attached hydrogen (secondary N) is 1. The van der Waals surface area contributed by atoms with E-state index < -0.39 is 23.7 Å². The van der Waals surface area contributed by atoms with Crippen molar-refractivity contribution in [1.82, 2.24) is 10.3 Å². The molecule has 1 heterocycles. The fourth-order valence-electron chi connectivity index (χ4n) is 1.39. The highest BCUT2D eigenvalue weighted by atomic mass is 16.6. The SMILES string of the molecule is CC(C)(C)OC(=O)N1CCO[C@@H](C(=O)NN)C1. The third kappa shape index (κ3) is 4.20. The van der Waals surface area contributed by atoms with Gasteiger partial charge in [-0.05, 0) is 20.8 Å². The summed E-state index contributed by atoms with van der Waals surface area (Å²) in [6.07, 6.45) is -1.18. The number of carbonyl (C=O) groups excluding carboxylic acids is 2. The number of morpholine rings is 1. The highest BCUT2D eigenvalue weighted by Crippen LogP contribution is 2.13. The second-order valence-electron chi connectivity index (χ2n) is 4.79. The van der Waals surface area contributed by atoms with Gasteiger partial charge in [-0.1, -0.05) is 0 Å². The molecule has 17 heavy (non-hydrogen) atoms. The van der Waals surface area contributed by atoms with E-state index in [-0.39, 0.29) is 13.2 Å². The summed E-state index contributed by atoms with van der Waals surface area (Å²) in [5.41, 5.74) is 1.45. The van der Waals surface area contributed by atoms with Gasteiger partial charge in [0.1, 0.15) is 5.60 Å². The summed E-state index contributed by atoms with van der Waals surface area (Å²) in [4.78, 5) is 24.5. The lowest BCUT2D eigenvalue weighted by atomic mass is 10.2. The van der Waals surface area contributed by atoms with Gasteiger partial charge in [-0.2, -0.15) is 0 Å². The van der Waals surface area contributed by atoms with Crippen LogP contribution in [0.4, 0.5) is 4.79 Å². The van der Waals surface area contributed by atoms with E-state index in [1.165, 1.54) is 4.90 Å². The predicted octanol–water partition coefficient (Wildman–Crippen LogP) is -0.388. The summed E-state index contributed by atoms with van der Waals surface area (Å²) in [5, 5.41) is 0. The summed E-state index contributed by atoms with van der Waals surface area (Å²) in [6, 6.07) is 0. The van der Waals surface area contributed by atoms with E-state index in [1.54, 1.807) is 20.8 Å². The molecule has 1 fully saturated rings. The Labute approximate surface area is 100 Å². The lowest BCUT2D eigenvalue weighted by Crippen LogP contribution is -2.53. The van der Waals surface area contributed by atoms with Gasteiger partial charge in [0, 0.05) is 6.54 Å². The van der Waals surface area contributed by atoms with Crippen molar-refractivity contribution >= 4 is 12.0 Å². The maximum absolute atomic E-state index is 11.8. The van der Waals surface area contributed by atoms with Crippen LogP contribution in [0.3, 0.4) is 0 Å². The number of carbonyl (C=O) groups is 2. The Morgan fingerprint density at radius 1 is 1.47 bits per heavy atom. The van der Waals surface area contributed by atoms with Crippen molar-refractivity contribution in [2.75, 3.05) is 19.7 Å². The molecule has 98 valence electrons. The molecule has 0 radical (unpaired) electrons. The van der Waals surface area contributed by atoms with Crippen molar-refractivity contribution in [3.05, 3.63) is 0 Å². The number of nitrogens with zero attached hydrogens (tertiary/aromatic N) is 1. The van der Waals surface area contributed by atoms with Crippen molar-refractivity contribution in [2.45, 2.75) is 32.5 Å². The molecular formula is C10H19N3O4. The molecule has 1 atom stereocenters. The van der Waals surface area contributed by atoms with Gasteiger partial charge in [-0.15, -0.1) is 0 Å². The van der Waals surface area contributed by atoms with Crippen molar-refractivity contribution in [3.63, 3.8) is 0 Å². The fourth-order valence-corrected chi connectivity index (χ4v) is 1.39. The van der Waals surface area contributed by atoms with Crippen LogP contribution < -0.4 is 11.3 Å². The normalized spacial score (nSPS) is 20.9. The molecule has 0 aromatic heterocycles. The Hall–Kier alpha value is -1.34. The average molecular weight is 245 g/mol. The smallest absolute Gasteiger partial charge is 0.410 e. The minimum atomic E-state index is -0.735. The van der Waals surface area contributed by atoms with Gasteiger partial charge in [0.2, 0.25) is 0 Å². The topological polar surface area (TPSA) is 93.9 Å². The summed E-state index contributed by atoms with van der Waals surface area (Å²) in [6.45, 7) is 6.21. The van der Waals surface area contributed by atoms with Gasteiger partial charge in [0.25, 0.3) is 5.91 Å². The standard InChI is InChI=1S/C10H19N3O4/c1-10(2,3)17-9(15)13-4-5-16-7(6-13)8(14)12-11/h7H,4-6,11H2,1-3H3,(H,12,14)/t7-/m1/s1. The molecule has 0 aromatic carbocycles. The van der Waals surface area contributed by atoms with Crippen molar-refractivity contribution < 1.29 is 19.1 Å². The quantitative estimate of drug-likeness (QED) is 0.373. The Bertz CT molecular complexity index is 300. The second kappa shape index (κ2) is 5.33. The molecule has 7 nitrogen and oxygen atoms in total. The molecule has 2 amide bonds. The average Bonchev–Trinajstić information content (AvgIpc) is 2.26. The van der Waals surface area contributed by atoms with E-state index in [0.29, 0.717) is 6.54 Å². The number of rotatable bonds is 1. The zero-order valence-electron chi connectivity index (χ0n) is 10.4. The zero-order valence-corrected chi connectivity index (χ0v) is 10.4. The lowest BCUT2D eigenvalue weighted by Gasteiger charge is -2.33. The van der Waals surface area contributed by atoms with Gasteiger partial charge >= 0.3 is 6.09 Å². The van der Waals surface area contributed by atoms with Gasteiger partial charge in [0.15, 0.2) is 6.10 Å². The fraction of sp³-hybridized carbons (Fsp3) is 0.800. The van der Waals surface area contributed by atoms with E-state index in [4.69, 9.17) is 15.3 Å². The Balaban J connectivity index is 2.55. The molecule has 1 aliphatic heterocycles. The number of hydrazine groups is 1. The van der Waals surface area contributed by atoms with Gasteiger partial charge in [0.05, 0.1) is 13.2 Å². The molecule has 0 aliphatic carbocycles. The molecule has 7 heteroatoms.